The van der Waals surface area contributed by atoms with E-state index in [0.717, 1.165) is 45.6 Å². The molecule has 1 amide bonds. The van der Waals surface area contributed by atoms with Crippen LogP contribution in [0.1, 0.15) is 32.3 Å². The molecule has 3 saturated heterocycles. The van der Waals surface area contributed by atoms with Gasteiger partial charge < -0.3 is 10.2 Å². The van der Waals surface area contributed by atoms with Crippen LogP contribution in [0.15, 0.2) is 30.3 Å². The fourth-order valence-electron chi connectivity index (χ4n) is 4.65. The molecule has 0 bridgehead atoms. The second kappa shape index (κ2) is 5.32. The number of carbonyl (C=O) groups excluding carboxylic acids is 1. The Morgan fingerprint density at radius 2 is 1.91 bits per heavy atom. The van der Waals surface area contributed by atoms with Gasteiger partial charge in [-0.15, -0.1) is 0 Å². The van der Waals surface area contributed by atoms with Gasteiger partial charge in [-0.2, -0.15) is 0 Å². The van der Waals surface area contributed by atoms with Gasteiger partial charge in [0.1, 0.15) is 5.54 Å². The highest BCUT2D eigenvalue weighted by Gasteiger charge is 2.66. The molecule has 1 N–H and O–H groups in total. The van der Waals surface area contributed by atoms with E-state index < -0.39 is 0 Å². The lowest BCUT2D eigenvalue weighted by molar-refractivity contribution is -0.169. The normalized spacial score (nSPS) is 29.3. The summed E-state index contributed by atoms with van der Waals surface area (Å²) < 4.78 is 0. The molecule has 4 heteroatoms. The van der Waals surface area contributed by atoms with E-state index in [1.165, 1.54) is 5.56 Å². The molecular weight excluding hydrogens is 286 g/mol. The third-order valence-electron chi connectivity index (χ3n) is 5.90. The summed E-state index contributed by atoms with van der Waals surface area (Å²) in [5.74, 6) is 0.948. The van der Waals surface area contributed by atoms with Crippen LogP contribution >= 0.6 is 0 Å². The summed E-state index contributed by atoms with van der Waals surface area (Å²) in [7, 11) is 0. The first-order valence-electron chi connectivity index (χ1n) is 8.88. The number of nitrogens with one attached hydrogen (secondary N) is 1. The van der Waals surface area contributed by atoms with Crippen LogP contribution < -0.4 is 5.32 Å². The van der Waals surface area contributed by atoms with E-state index in [1.54, 1.807) is 0 Å². The maximum absolute atomic E-state index is 13.1. The quantitative estimate of drug-likeness (QED) is 0.862. The minimum atomic E-state index is -0.207. The molecular formula is C19H27N3O. The molecule has 1 aromatic rings. The van der Waals surface area contributed by atoms with Gasteiger partial charge in [0.05, 0.1) is 0 Å². The van der Waals surface area contributed by atoms with Crippen molar-refractivity contribution in [2.75, 3.05) is 26.2 Å². The molecule has 0 saturated carbocycles. The topological polar surface area (TPSA) is 35.6 Å². The van der Waals surface area contributed by atoms with Crippen molar-refractivity contribution in [3.05, 3.63) is 35.9 Å². The van der Waals surface area contributed by atoms with Crippen molar-refractivity contribution in [3.63, 3.8) is 0 Å². The molecule has 2 spiro atoms. The van der Waals surface area contributed by atoms with E-state index in [0.29, 0.717) is 11.8 Å². The van der Waals surface area contributed by atoms with Crippen molar-refractivity contribution in [3.8, 4) is 0 Å². The fourth-order valence-corrected chi connectivity index (χ4v) is 4.65. The Bertz CT molecular complexity index is 596. The lowest BCUT2D eigenvalue weighted by atomic mass is 9.84. The smallest absolute Gasteiger partial charge is 0.245 e. The van der Waals surface area contributed by atoms with E-state index >= 15 is 0 Å². The number of rotatable bonds is 4. The minimum Gasteiger partial charge on any atom is -0.334 e. The molecule has 4 rings (SSSR count). The van der Waals surface area contributed by atoms with Gasteiger partial charge in [0.2, 0.25) is 5.91 Å². The third kappa shape index (κ3) is 2.23. The highest BCUT2D eigenvalue weighted by atomic mass is 16.2. The summed E-state index contributed by atoms with van der Waals surface area (Å²) in [4.78, 5) is 17.7. The Morgan fingerprint density at radius 1 is 1.17 bits per heavy atom. The Balaban J connectivity index is 1.51. The summed E-state index contributed by atoms with van der Waals surface area (Å²) in [5.41, 5.74) is 1.27. The van der Waals surface area contributed by atoms with E-state index in [9.17, 15) is 4.79 Å². The molecule has 1 atom stereocenters. The van der Waals surface area contributed by atoms with Crippen molar-refractivity contribution in [2.24, 2.45) is 5.92 Å². The van der Waals surface area contributed by atoms with Gasteiger partial charge in [-0.1, -0.05) is 44.2 Å². The molecule has 1 aromatic carbocycles. The van der Waals surface area contributed by atoms with Crippen LogP contribution in [-0.2, 0) is 11.3 Å². The number of β-lactam (4-membered cyclic amide) rings is 1. The predicted molar refractivity (Wildman–Crippen MR) is 91.0 cm³/mol. The van der Waals surface area contributed by atoms with Crippen LogP contribution in [0.2, 0.25) is 0 Å². The first-order chi connectivity index (χ1) is 11.1. The average molecular weight is 313 g/mol. The summed E-state index contributed by atoms with van der Waals surface area (Å²) in [6.45, 7) is 9.30. The van der Waals surface area contributed by atoms with Gasteiger partial charge in [0.25, 0.3) is 0 Å². The van der Waals surface area contributed by atoms with Crippen LogP contribution in [0.25, 0.3) is 0 Å². The summed E-state index contributed by atoms with van der Waals surface area (Å²) in [5, 5.41) is 3.43. The van der Waals surface area contributed by atoms with E-state index in [1.807, 2.05) is 23.1 Å². The predicted octanol–water partition coefficient (Wildman–Crippen LogP) is 1.86. The van der Waals surface area contributed by atoms with E-state index in [2.05, 4.69) is 36.2 Å². The van der Waals surface area contributed by atoms with Gasteiger partial charge in [-0.25, -0.2) is 0 Å². The molecule has 3 fully saturated rings. The molecule has 4 nitrogen and oxygen atoms in total. The number of carbonyl (C=O) groups is 1. The molecule has 23 heavy (non-hydrogen) atoms. The molecule has 0 radical (unpaired) electrons. The van der Waals surface area contributed by atoms with Gasteiger partial charge in [0.15, 0.2) is 0 Å². The minimum absolute atomic E-state index is 0.207. The van der Waals surface area contributed by atoms with Crippen LogP contribution in [0.4, 0.5) is 0 Å². The van der Waals surface area contributed by atoms with E-state index in [-0.39, 0.29) is 11.1 Å². The number of amides is 1. The van der Waals surface area contributed by atoms with Crippen molar-refractivity contribution < 1.29 is 4.79 Å². The van der Waals surface area contributed by atoms with Crippen LogP contribution in [0.3, 0.4) is 0 Å². The maximum atomic E-state index is 13.1. The van der Waals surface area contributed by atoms with Crippen molar-refractivity contribution in [1.29, 1.82) is 0 Å². The van der Waals surface area contributed by atoms with Crippen molar-refractivity contribution >= 4 is 5.91 Å². The second-order valence-electron chi connectivity index (χ2n) is 8.01. The zero-order chi connectivity index (χ0) is 16.1. The highest BCUT2D eigenvalue weighted by molar-refractivity contribution is 5.93. The third-order valence-corrected chi connectivity index (χ3v) is 5.90. The monoisotopic (exact) mass is 313 g/mol. The van der Waals surface area contributed by atoms with Crippen LogP contribution in [0, 0.1) is 5.92 Å². The number of hydrogen-bond acceptors (Lipinski definition) is 3. The Labute approximate surface area is 138 Å². The fraction of sp³-hybridized carbons (Fsp3) is 0.632. The summed E-state index contributed by atoms with van der Waals surface area (Å²) in [6.07, 6.45) is 2.20. The standard InChI is InChI=1S/C19H27N3O/c1-15(2)10-22-18(12-20-13-18)8-9-19(22)14-21(17(19)23)11-16-6-4-3-5-7-16/h3-7,15,20H,8-14H2,1-2H3. The first-order valence-corrected chi connectivity index (χ1v) is 8.88. The SMILES string of the molecule is CC(C)CN1C2(CCC13CN(Cc1ccccc1)C3=O)CNC2. The van der Waals surface area contributed by atoms with Crippen LogP contribution in [-0.4, -0.2) is 53.0 Å². The molecule has 0 aromatic heterocycles. The largest absolute Gasteiger partial charge is 0.334 e. The summed E-state index contributed by atoms with van der Waals surface area (Å²) >= 11 is 0. The van der Waals surface area contributed by atoms with Gasteiger partial charge in [0, 0.05) is 38.3 Å². The lowest BCUT2D eigenvalue weighted by Crippen LogP contribution is -2.78. The Morgan fingerprint density at radius 3 is 2.48 bits per heavy atom. The Kier molecular flexibility index (Phi) is 3.50. The summed E-state index contributed by atoms with van der Waals surface area (Å²) in [6, 6.07) is 10.3. The van der Waals surface area contributed by atoms with Gasteiger partial charge in [-0.3, -0.25) is 9.69 Å². The first kappa shape index (κ1) is 15.2. The van der Waals surface area contributed by atoms with Crippen LogP contribution in [0.5, 0.6) is 0 Å². The molecule has 3 aliphatic rings. The van der Waals surface area contributed by atoms with Gasteiger partial charge >= 0.3 is 0 Å². The van der Waals surface area contributed by atoms with E-state index in [4.69, 9.17) is 0 Å². The van der Waals surface area contributed by atoms with Crippen molar-refractivity contribution in [1.82, 2.24) is 15.1 Å². The van der Waals surface area contributed by atoms with Gasteiger partial charge in [-0.05, 0) is 24.3 Å². The lowest BCUT2D eigenvalue weighted by Gasteiger charge is -2.57. The zero-order valence-electron chi connectivity index (χ0n) is 14.2. The molecule has 124 valence electrons. The second-order valence-corrected chi connectivity index (χ2v) is 8.01. The number of likely N-dealkylation sites (tertiary alicyclic amines) is 2. The molecule has 3 aliphatic heterocycles. The molecule has 3 heterocycles. The average Bonchev–Trinajstić information content (AvgIpc) is 2.84. The molecule has 0 aliphatic carbocycles. The maximum Gasteiger partial charge on any atom is 0.245 e. The zero-order valence-corrected chi connectivity index (χ0v) is 14.2. The highest BCUT2D eigenvalue weighted by Crippen LogP contribution is 2.49. The molecule has 1 unspecified atom stereocenters. The number of nitrogens with zero attached hydrogens (tertiary/aromatic N) is 2. The number of hydrogen-bond donors (Lipinski definition) is 1. The number of benzene rings is 1. The van der Waals surface area contributed by atoms with Crippen molar-refractivity contribution in [2.45, 2.75) is 44.3 Å². The Hall–Kier alpha value is -1.39.